The molecule has 28 heavy (non-hydrogen) atoms. The number of hydrogen-bond acceptors (Lipinski definition) is 3. The Labute approximate surface area is 177 Å². The van der Waals surface area contributed by atoms with Gasteiger partial charge in [0.05, 0.1) is 21.8 Å². The van der Waals surface area contributed by atoms with Gasteiger partial charge in [-0.1, -0.05) is 35.4 Å². The van der Waals surface area contributed by atoms with Crippen LogP contribution in [-0.2, 0) is 10.0 Å². The van der Waals surface area contributed by atoms with E-state index in [0.29, 0.717) is 14.9 Å². The largest absolute Gasteiger partial charge is 0.478 e. The van der Waals surface area contributed by atoms with Crippen molar-refractivity contribution < 1.29 is 18.3 Å². The van der Waals surface area contributed by atoms with Crippen molar-refractivity contribution in [2.75, 3.05) is 4.31 Å². The lowest BCUT2D eigenvalue weighted by atomic mass is 10.2. The van der Waals surface area contributed by atoms with E-state index in [1.165, 1.54) is 22.5 Å². The molecule has 0 aromatic heterocycles. The minimum atomic E-state index is -4.05. The van der Waals surface area contributed by atoms with E-state index >= 15 is 0 Å². The van der Waals surface area contributed by atoms with Crippen LogP contribution in [0.1, 0.15) is 21.5 Å². The molecule has 0 saturated carbocycles. The van der Waals surface area contributed by atoms with Gasteiger partial charge in [0, 0.05) is 3.57 Å². The predicted molar refractivity (Wildman–Crippen MR) is 118 cm³/mol. The van der Waals surface area contributed by atoms with Crippen LogP contribution in [-0.4, -0.2) is 19.5 Å². The van der Waals surface area contributed by atoms with Gasteiger partial charge in [0.1, 0.15) is 0 Å². The Hall–Kier alpha value is -2.39. The summed E-state index contributed by atoms with van der Waals surface area (Å²) in [6, 6.07) is 18.4. The fraction of sp³-hybridized carbons (Fsp3) is 0.0952. The molecule has 3 aromatic carbocycles. The Morgan fingerprint density at radius 2 is 1.32 bits per heavy atom. The number of carboxylic acid groups (broad SMARTS) is 1. The summed E-state index contributed by atoms with van der Waals surface area (Å²) in [5.41, 5.74) is 2.90. The van der Waals surface area contributed by atoms with Gasteiger partial charge < -0.3 is 5.11 Å². The Kier molecular flexibility index (Phi) is 5.76. The van der Waals surface area contributed by atoms with Gasteiger partial charge in [-0.25, -0.2) is 17.5 Å². The van der Waals surface area contributed by atoms with E-state index in [-0.39, 0.29) is 10.5 Å². The second-order valence-corrected chi connectivity index (χ2v) is 9.45. The molecule has 3 rings (SSSR count). The molecule has 0 bridgehead atoms. The van der Waals surface area contributed by atoms with Crippen LogP contribution in [0, 0.1) is 17.4 Å². The average Bonchev–Trinajstić information content (AvgIpc) is 2.64. The summed E-state index contributed by atoms with van der Waals surface area (Å²) >= 11 is 1.92. The van der Waals surface area contributed by atoms with Crippen LogP contribution in [0.3, 0.4) is 0 Å². The topological polar surface area (TPSA) is 74.7 Å². The maximum atomic E-state index is 13.6. The first-order valence-corrected chi connectivity index (χ1v) is 10.9. The average molecular weight is 507 g/mol. The second kappa shape index (κ2) is 7.92. The SMILES string of the molecule is Cc1ccc(N(c2ccc(C)cc2)S(=O)(=O)c2cc(I)cc(C(=O)O)c2)cc1. The number of benzene rings is 3. The lowest BCUT2D eigenvalue weighted by Gasteiger charge is -2.25. The molecule has 0 aliphatic heterocycles. The van der Waals surface area contributed by atoms with Crippen molar-refractivity contribution in [3.05, 3.63) is 87.0 Å². The molecule has 0 heterocycles. The molecule has 0 amide bonds. The van der Waals surface area contributed by atoms with E-state index in [9.17, 15) is 18.3 Å². The summed E-state index contributed by atoms with van der Waals surface area (Å²) in [6.45, 7) is 3.85. The molecule has 0 spiro atoms. The van der Waals surface area contributed by atoms with Crippen LogP contribution in [0.15, 0.2) is 71.6 Å². The number of halogens is 1. The first-order chi connectivity index (χ1) is 13.2. The molecular formula is C21H18INO4S. The summed E-state index contributed by atoms with van der Waals surface area (Å²) in [5, 5.41) is 9.32. The molecule has 0 atom stereocenters. The van der Waals surface area contributed by atoms with Gasteiger partial charge in [-0.3, -0.25) is 0 Å². The van der Waals surface area contributed by atoms with Crippen LogP contribution >= 0.6 is 22.6 Å². The molecule has 7 heteroatoms. The molecule has 144 valence electrons. The van der Waals surface area contributed by atoms with Crippen LogP contribution in [0.4, 0.5) is 11.4 Å². The minimum Gasteiger partial charge on any atom is -0.478 e. The quantitative estimate of drug-likeness (QED) is 0.486. The van der Waals surface area contributed by atoms with Crippen molar-refractivity contribution >= 4 is 50.0 Å². The maximum absolute atomic E-state index is 13.6. The fourth-order valence-corrected chi connectivity index (χ4v) is 5.17. The van der Waals surface area contributed by atoms with Gasteiger partial charge in [-0.2, -0.15) is 0 Å². The van der Waals surface area contributed by atoms with Crippen molar-refractivity contribution in [2.24, 2.45) is 0 Å². The Morgan fingerprint density at radius 1 is 0.857 bits per heavy atom. The molecule has 0 saturated heterocycles. The number of carbonyl (C=O) groups is 1. The normalized spacial score (nSPS) is 11.2. The number of carboxylic acids is 1. The molecule has 3 aromatic rings. The first kappa shape index (κ1) is 20.3. The van der Waals surface area contributed by atoms with E-state index in [1.54, 1.807) is 24.3 Å². The third kappa shape index (κ3) is 4.20. The van der Waals surface area contributed by atoms with E-state index in [2.05, 4.69) is 0 Å². The van der Waals surface area contributed by atoms with Crippen molar-refractivity contribution in [3.8, 4) is 0 Å². The molecule has 5 nitrogen and oxygen atoms in total. The predicted octanol–water partition coefficient (Wildman–Crippen LogP) is 5.13. The highest BCUT2D eigenvalue weighted by atomic mass is 127. The van der Waals surface area contributed by atoms with Gasteiger partial charge in [-0.05, 0) is 78.9 Å². The number of anilines is 2. The van der Waals surface area contributed by atoms with Crippen molar-refractivity contribution in [3.63, 3.8) is 0 Å². The van der Waals surface area contributed by atoms with Gasteiger partial charge in [0.15, 0.2) is 0 Å². The lowest BCUT2D eigenvalue weighted by Crippen LogP contribution is -2.26. The van der Waals surface area contributed by atoms with Crippen molar-refractivity contribution in [1.29, 1.82) is 0 Å². The molecule has 0 radical (unpaired) electrons. The molecule has 0 aliphatic rings. The number of sulfonamides is 1. The van der Waals surface area contributed by atoms with Crippen molar-refractivity contribution in [1.82, 2.24) is 0 Å². The standard InChI is InChI=1S/C21H18INO4S/c1-14-3-7-18(8-4-14)23(19-9-5-15(2)6-10-19)28(26,27)20-12-16(21(24)25)11-17(22)13-20/h3-13H,1-2H3,(H,24,25). The zero-order chi connectivity index (χ0) is 20.5. The number of aromatic carboxylic acids is 1. The van der Waals surface area contributed by atoms with Crippen LogP contribution in [0.25, 0.3) is 0 Å². The zero-order valence-corrected chi connectivity index (χ0v) is 18.2. The number of hydrogen-bond donors (Lipinski definition) is 1. The second-order valence-electron chi connectivity index (χ2n) is 6.42. The molecule has 0 aliphatic carbocycles. The number of aryl methyl sites for hydroxylation is 2. The Bertz CT molecular complexity index is 1080. The maximum Gasteiger partial charge on any atom is 0.335 e. The molecule has 0 fully saturated rings. The van der Waals surface area contributed by atoms with Gasteiger partial charge >= 0.3 is 5.97 Å². The Morgan fingerprint density at radius 3 is 1.75 bits per heavy atom. The van der Waals surface area contributed by atoms with Gasteiger partial charge in [0.25, 0.3) is 10.0 Å². The zero-order valence-electron chi connectivity index (χ0n) is 15.3. The summed E-state index contributed by atoms with van der Waals surface area (Å²) in [6.07, 6.45) is 0. The summed E-state index contributed by atoms with van der Waals surface area (Å²) in [5.74, 6) is -1.17. The van der Waals surface area contributed by atoms with Gasteiger partial charge in [0.2, 0.25) is 0 Å². The smallest absolute Gasteiger partial charge is 0.335 e. The lowest BCUT2D eigenvalue weighted by molar-refractivity contribution is 0.0696. The third-order valence-electron chi connectivity index (χ3n) is 4.19. The van der Waals surface area contributed by atoms with Crippen LogP contribution < -0.4 is 4.31 Å². The highest BCUT2D eigenvalue weighted by Gasteiger charge is 2.28. The van der Waals surface area contributed by atoms with Gasteiger partial charge in [-0.15, -0.1) is 0 Å². The summed E-state index contributed by atoms with van der Waals surface area (Å²) in [4.78, 5) is 11.3. The number of nitrogens with zero attached hydrogens (tertiary/aromatic N) is 1. The molecule has 1 N–H and O–H groups in total. The monoisotopic (exact) mass is 507 g/mol. The Balaban J connectivity index is 2.23. The molecule has 0 unspecified atom stereocenters. The fourth-order valence-electron chi connectivity index (χ4n) is 2.73. The third-order valence-corrected chi connectivity index (χ3v) is 6.55. The van der Waals surface area contributed by atoms with Crippen LogP contribution in [0.2, 0.25) is 0 Å². The highest BCUT2D eigenvalue weighted by molar-refractivity contribution is 14.1. The summed E-state index contributed by atoms with van der Waals surface area (Å²) in [7, 11) is -4.05. The molecular weight excluding hydrogens is 489 g/mol. The van der Waals surface area contributed by atoms with Crippen molar-refractivity contribution in [2.45, 2.75) is 18.7 Å². The minimum absolute atomic E-state index is 0.0711. The number of rotatable bonds is 5. The van der Waals surface area contributed by atoms with E-state index < -0.39 is 16.0 Å². The summed E-state index contributed by atoms with van der Waals surface area (Å²) < 4.78 is 28.9. The first-order valence-electron chi connectivity index (χ1n) is 8.41. The highest BCUT2D eigenvalue weighted by Crippen LogP contribution is 2.33. The van der Waals surface area contributed by atoms with E-state index in [4.69, 9.17) is 0 Å². The van der Waals surface area contributed by atoms with Crippen LogP contribution in [0.5, 0.6) is 0 Å². The van der Waals surface area contributed by atoms with E-state index in [1.807, 2.05) is 60.7 Å². The van der Waals surface area contributed by atoms with E-state index in [0.717, 1.165) is 11.1 Å².